The van der Waals surface area contributed by atoms with Crippen molar-refractivity contribution in [2.75, 3.05) is 20.3 Å². The maximum Gasteiger partial charge on any atom is 0.341 e. The third kappa shape index (κ3) is 5.18. The summed E-state index contributed by atoms with van der Waals surface area (Å²) >= 11 is 0. The van der Waals surface area contributed by atoms with Crippen molar-refractivity contribution >= 4 is 5.97 Å². The summed E-state index contributed by atoms with van der Waals surface area (Å²) in [5, 5.41) is 12.0. The molecule has 5 nitrogen and oxygen atoms in total. The number of carbonyl (C=O) groups is 1. The molecule has 0 saturated heterocycles. The first-order valence-electron chi connectivity index (χ1n) is 6.25. The zero-order valence-electron chi connectivity index (χ0n) is 11.6. The standard InChI is InChI=1S/C14H21NO4/c1-10(2)7-15-8-11-5-4-6-12(18-3)14(11)19-9-13(16)17/h4-6,10,15H,7-9H2,1-3H3,(H,16,17). The number of hydrogen-bond donors (Lipinski definition) is 2. The number of hydrogen-bond acceptors (Lipinski definition) is 4. The molecule has 0 heterocycles. The smallest absolute Gasteiger partial charge is 0.341 e. The molecule has 0 aromatic heterocycles. The molecule has 1 aromatic rings. The highest BCUT2D eigenvalue weighted by Crippen LogP contribution is 2.31. The molecular formula is C14H21NO4. The monoisotopic (exact) mass is 267 g/mol. The summed E-state index contributed by atoms with van der Waals surface area (Å²) in [5.74, 6) is 0.578. The summed E-state index contributed by atoms with van der Waals surface area (Å²) < 4.78 is 10.5. The molecular weight excluding hydrogens is 246 g/mol. The van der Waals surface area contributed by atoms with Gasteiger partial charge in [-0.15, -0.1) is 0 Å². The van der Waals surface area contributed by atoms with Gasteiger partial charge in [-0.25, -0.2) is 4.79 Å². The molecule has 0 aliphatic rings. The van der Waals surface area contributed by atoms with Gasteiger partial charge in [-0.2, -0.15) is 0 Å². The topological polar surface area (TPSA) is 67.8 Å². The fourth-order valence-corrected chi connectivity index (χ4v) is 1.65. The largest absolute Gasteiger partial charge is 0.493 e. The molecule has 0 aliphatic heterocycles. The lowest BCUT2D eigenvalue weighted by molar-refractivity contribution is -0.139. The molecule has 0 bridgehead atoms. The molecule has 1 rings (SSSR count). The van der Waals surface area contributed by atoms with Gasteiger partial charge in [0.2, 0.25) is 0 Å². The molecule has 106 valence electrons. The van der Waals surface area contributed by atoms with Gasteiger partial charge in [-0.1, -0.05) is 26.0 Å². The van der Waals surface area contributed by atoms with Crippen LogP contribution in [0.2, 0.25) is 0 Å². The number of methoxy groups -OCH3 is 1. The number of carboxylic acid groups (broad SMARTS) is 1. The van der Waals surface area contributed by atoms with Crippen molar-refractivity contribution in [3.05, 3.63) is 23.8 Å². The van der Waals surface area contributed by atoms with Crippen molar-refractivity contribution < 1.29 is 19.4 Å². The minimum Gasteiger partial charge on any atom is -0.493 e. The van der Waals surface area contributed by atoms with Crippen LogP contribution < -0.4 is 14.8 Å². The van der Waals surface area contributed by atoms with Crippen LogP contribution in [0.4, 0.5) is 0 Å². The SMILES string of the molecule is COc1cccc(CNCC(C)C)c1OCC(=O)O. The summed E-state index contributed by atoms with van der Waals surface area (Å²) in [5.41, 5.74) is 0.890. The van der Waals surface area contributed by atoms with Crippen LogP contribution in [0.3, 0.4) is 0 Å². The van der Waals surface area contributed by atoms with E-state index in [1.54, 1.807) is 6.07 Å². The minimum atomic E-state index is -1.01. The predicted molar refractivity (Wildman–Crippen MR) is 72.7 cm³/mol. The molecule has 19 heavy (non-hydrogen) atoms. The van der Waals surface area contributed by atoms with Gasteiger partial charge in [0.15, 0.2) is 18.1 Å². The van der Waals surface area contributed by atoms with Crippen LogP contribution in [-0.2, 0) is 11.3 Å². The molecule has 2 N–H and O–H groups in total. The second-order valence-corrected chi connectivity index (χ2v) is 4.66. The van der Waals surface area contributed by atoms with E-state index in [4.69, 9.17) is 14.6 Å². The van der Waals surface area contributed by atoms with Crippen molar-refractivity contribution in [1.82, 2.24) is 5.32 Å². The third-order valence-corrected chi connectivity index (χ3v) is 2.49. The molecule has 0 aliphatic carbocycles. The molecule has 1 aromatic carbocycles. The van der Waals surface area contributed by atoms with E-state index in [-0.39, 0.29) is 6.61 Å². The lowest BCUT2D eigenvalue weighted by Gasteiger charge is -2.15. The Morgan fingerprint density at radius 3 is 2.74 bits per heavy atom. The summed E-state index contributed by atoms with van der Waals surface area (Å²) in [6, 6.07) is 5.51. The third-order valence-electron chi connectivity index (χ3n) is 2.49. The molecule has 0 saturated carbocycles. The first kappa shape index (κ1) is 15.3. The second-order valence-electron chi connectivity index (χ2n) is 4.66. The number of nitrogens with one attached hydrogen (secondary N) is 1. The van der Waals surface area contributed by atoms with E-state index in [0.29, 0.717) is 24.0 Å². The van der Waals surface area contributed by atoms with Crippen molar-refractivity contribution in [1.29, 1.82) is 0 Å². The number of carboxylic acids is 1. The zero-order chi connectivity index (χ0) is 14.3. The van der Waals surface area contributed by atoms with Crippen LogP contribution in [-0.4, -0.2) is 31.3 Å². The molecule has 0 unspecified atom stereocenters. The van der Waals surface area contributed by atoms with Crippen LogP contribution in [0.15, 0.2) is 18.2 Å². The normalized spacial score (nSPS) is 10.5. The summed E-state index contributed by atoms with van der Waals surface area (Å²) in [7, 11) is 1.54. The maximum absolute atomic E-state index is 10.6. The van der Waals surface area contributed by atoms with Gasteiger partial charge in [0, 0.05) is 12.1 Å². The lowest BCUT2D eigenvalue weighted by Crippen LogP contribution is -2.20. The number of aliphatic carboxylic acids is 1. The van der Waals surface area contributed by atoms with Crippen molar-refractivity contribution in [3.63, 3.8) is 0 Å². The van der Waals surface area contributed by atoms with Crippen LogP contribution in [0, 0.1) is 5.92 Å². The Bertz CT molecular complexity index is 418. The molecule has 0 radical (unpaired) electrons. The van der Waals surface area contributed by atoms with Gasteiger partial charge in [0.25, 0.3) is 0 Å². The van der Waals surface area contributed by atoms with Crippen LogP contribution in [0.25, 0.3) is 0 Å². The quantitative estimate of drug-likeness (QED) is 0.753. The Morgan fingerprint density at radius 1 is 1.42 bits per heavy atom. The van der Waals surface area contributed by atoms with E-state index in [2.05, 4.69) is 19.2 Å². The lowest BCUT2D eigenvalue weighted by atomic mass is 10.1. The van der Waals surface area contributed by atoms with Gasteiger partial charge < -0.3 is 19.9 Å². The van der Waals surface area contributed by atoms with Crippen LogP contribution in [0.5, 0.6) is 11.5 Å². The first-order valence-corrected chi connectivity index (χ1v) is 6.25. The molecule has 0 fully saturated rings. The zero-order valence-corrected chi connectivity index (χ0v) is 11.6. The Labute approximate surface area is 113 Å². The average Bonchev–Trinajstić information content (AvgIpc) is 2.36. The van der Waals surface area contributed by atoms with Gasteiger partial charge in [0.1, 0.15) is 0 Å². The van der Waals surface area contributed by atoms with Crippen molar-refractivity contribution in [2.45, 2.75) is 20.4 Å². The summed E-state index contributed by atoms with van der Waals surface area (Å²) in [6.07, 6.45) is 0. The van der Waals surface area contributed by atoms with Gasteiger partial charge in [-0.05, 0) is 18.5 Å². The molecule has 0 amide bonds. The van der Waals surface area contributed by atoms with Crippen molar-refractivity contribution in [2.24, 2.45) is 5.92 Å². The highest BCUT2D eigenvalue weighted by molar-refractivity contribution is 5.68. The van der Waals surface area contributed by atoms with E-state index in [0.717, 1.165) is 12.1 Å². The first-order chi connectivity index (χ1) is 9.04. The van der Waals surface area contributed by atoms with Crippen LogP contribution >= 0.6 is 0 Å². The van der Waals surface area contributed by atoms with E-state index in [9.17, 15) is 4.79 Å². The Hall–Kier alpha value is -1.75. The average molecular weight is 267 g/mol. The van der Waals surface area contributed by atoms with Crippen molar-refractivity contribution in [3.8, 4) is 11.5 Å². The number of benzene rings is 1. The number of para-hydroxylation sites is 1. The highest BCUT2D eigenvalue weighted by Gasteiger charge is 2.12. The maximum atomic E-state index is 10.6. The molecule has 5 heteroatoms. The molecule has 0 spiro atoms. The molecule has 0 atom stereocenters. The van der Waals surface area contributed by atoms with E-state index in [1.807, 2.05) is 12.1 Å². The highest BCUT2D eigenvalue weighted by atomic mass is 16.5. The van der Waals surface area contributed by atoms with E-state index in [1.165, 1.54) is 7.11 Å². The summed E-state index contributed by atoms with van der Waals surface area (Å²) in [4.78, 5) is 10.6. The Morgan fingerprint density at radius 2 is 2.16 bits per heavy atom. The minimum absolute atomic E-state index is 0.377. The summed E-state index contributed by atoms with van der Waals surface area (Å²) in [6.45, 7) is 5.37. The van der Waals surface area contributed by atoms with Crippen LogP contribution in [0.1, 0.15) is 19.4 Å². The fraction of sp³-hybridized carbons (Fsp3) is 0.500. The number of ether oxygens (including phenoxy) is 2. The fourth-order valence-electron chi connectivity index (χ4n) is 1.65. The number of rotatable bonds is 8. The Balaban J connectivity index is 2.79. The van der Waals surface area contributed by atoms with Gasteiger partial charge in [0.05, 0.1) is 7.11 Å². The second kappa shape index (κ2) is 7.63. The van der Waals surface area contributed by atoms with E-state index < -0.39 is 5.97 Å². The Kier molecular flexibility index (Phi) is 6.15. The van der Waals surface area contributed by atoms with E-state index >= 15 is 0 Å². The predicted octanol–water partition coefficient (Wildman–Crippen LogP) is 1.90. The van der Waals surface area contributed by atoms with Gasteiger partial charge >= 0.3 is 5.97 Å². The van der Waals surface area contributed by atoms with Gasteiger partial charge in [-0.3, -0.25) is 0 Å².